The Hall–Kier alpha value is -3.39. The maximum Gasteiger partial charge on any atom is 0.262 e. The van der Waals surface area contributed by atoms with Crippen molar-refractivity contribution < 1.29 is 14.7 Å². The number of aliphatic hydroxyl groups excluding tert-OH is 1. The zero-order valence-corrected chi connectivity index (χ0v) is 14.4. The minimum atomic E-state index is -0.483. The van der Waals surface area contributed by atoms with Crippen LogP contribution in [0.15, 0.2) is 48.6 Å². The molecular formula is C19H17N5O3. The molecule has 27 heavy (non-hydrogen) atoms. The number of imide groups is 1. The predicted octanol–water partition coefficient (Wildman–Crippen LogP) is 0.861. The van der Waals surface area contributed by atoms with E-state index in [4.69, 9.17) is 5.11 Å². The largest absolute Gasteiger partial charge is 0.396 e. The maximum absolute atomic E-state index is 12.4. The zero-order valence-electron chi connectivity index (χ0n) is 14.4. The Kier molecular flexibility index (Phi) is 4.47. The summed E-state index contributed by atoms with van der Waals surface area (Å²) >= 11 is 0. The molecule has 2 amide bonds. The molecule has 1 aliphatic rings. The minimum absolute atomic E-state index is 0.0827. The van der Waals surface area contributed by atoms with Crippen LogP contribution >= 0.6 is 0 Å². The Morgan fingerprint density at radius 1 is 1.04 bits per heavy atom. The molecule has 0 saturated carbocycles. The summed E-state index contributed by atoms with van der Waals surface area (Å²) in [6.45, 7) is 0.697. The lowest BCUT2D eigenvalue weighted by molar-refractivity contribution is -0.123. The normalized spacial score (nSPS) is 14.3. The van der Waals surface area contributed by atoms with Crippen LogP contribution in [0.5, 0.6) is 0 Å². The lowest BCUT2D eigenvalue weighted by Gasteiger charge is -2.02. The van der Waals surface area contributed by atoms with Gasteiger partial charge in [0.15, 0.2) is 5.82 Å². The average molecular weight is 363 g/mol. The third-order valence-corrected chi connectivity index (χ3v) is 4.46. The van der Waals surface area contributed by atoms with Crippen molar-refractivity contribution in [2.45, 2.75) is 19.4 Å². The van der Waals surface area contributed by atoms with Crippen LogP contribution in [-0.2, 0) is 22.6 Å². The zero-order chi connectivity index (χ0) is 18.8. The van der Waals surface area contributed by atoms with E-state index in [1.807, 2.05) is 22.9 Å². The minimum Gasteiger partial charge on any atom is -0.396 e. The first-order valence-corrected chi connectivity index (χ1v) is 8.59. The summed E-state index contributed by atoms with van der Waals surface area (Å²) in [6, 6.07) is 5.41. The van der Waals surface area contributed by atoms with Gasteiger partial charge in [-0.25, -0.2) is 15.0 Å². The van der Waals surface area contributed by atoms with E-state index in [9.17, 15) is 9.59 Å². The van der Waals surface area contributed by atoms with Crippen LogP contribution in [0.3, 0.4) is 0 Å². The smallest absolute Gasteiger partial charge is 0.262 e. The van der Waals surface area contributed by atoms with Gasteiger partial charge in [-0.2, -0.15) is 0 Å². The number of carbonyl (C=O) groups excluding carboxylic acids is 2. The number of nitrogens with zero attached hydrogens (tertiary/aromatic N) is 4. The van der Waals surface area contributed by atoms with Gasteiger partial charge in [0, 0.05) is 55.3 Å². The van der Waals surface area contributed by atoms with Gasteiger partial charge in [0.05, 0.1) is 5.57 Å². The van der Waals surface area contributed by atoms with Gasteiger partial charge in [-0.15, -0.1) is 0 Å². The summed E-state index contributed by atoms with van der Waals surface area (Å²) in [6.07, 6.45) is 7.56. The predicted molar refractivity (Wildman–Crippen MR) is 97.2 cm³/mol. The van der Waals surface area contributed by atoms with Crippen LogP contribution in [-0.4, -0.2) is 43.0 Å². The molecule has 0 radical (unpaired) electrons. The molecule has 8 nitrogen and oxygen atoms in total. The molecule has 0 aromatic carbocycles. The summed E-state index contributed by atoms with van der Waals surface area (Å²) in [5, 5.41) is 12.4. The molecule has 3 aromatic heterocycles. The van der Waals surface area contributed by atoms with Gasteiger partial charge in [0.1, 0.15) is 5.65 Å². The van der Waals surface area contributed by atoms with E-state index in [1.165, 1.54) is 12.4 Å². The molecule has 0 spiro atoms. The number of pyridine rings is 1. The van der Waals surface area contributed by atoms with E-state index < -0.39 is 11.8 Å². The lowest BCUT2D eigenvalue weighted by atomic mass is 10.0. The van der Waals surface area contributed by atoms with E-state index in [0.717, 1.165) is 16.6 Å². The molecule has 4 rings (SSSR count). The third kappa shape index (κ3) is 3.11. The molecule has 0 fully saturated rings. The summed E-state index contributed by atoms with van der Waals surface area (Å²) in [5.74, 6) is -0.677. The SMILES string of the molecule is O=C1NC(=O)C(c2ncccn2)=C1Cc1cn(CCCO)c2ncccc12. The van der Waals surface area contributed by atoms with Gasteiger partial charge in [0.2, 0.25) is 0 Å². The van der Waals surface area contributed by atoms with Crippen LogP contribution in [0.25, 0.3) is 16.6 Å². The second kappa shape index (κ2) is 7.08. The van der Waals surface area contributed by atoms with Crippen molar-refractivity contribution in [2.24, 2.45) is 0 Å². The van der Waals surface area contributed by atoms with E-state index in [-0.39, 0.29) is 24.4 Å². The molecule has 1 aliphatic heterocycles. The van der Waals surface area contributed by atoms with Crippen molar-refractivity contribution in [3.63, 3.8) is 0 Å². The highest BCUT2D eigenvalue weighted by atomic mass is 16.3. The first kappa shape index (κ1) is 17.0. The summed E-state index contributed by atoms with van der Waals surface area (Å²) in [5.41, 5.74) is 2.21. The van der Waals surface area contributed by atoms with Gasteiger partial charge >= 0.3 is 0 Å². The van der Waals surface area contributed by atoms with E-state index in [1.54, 1.807) is 12.3 Å². The Labute approximate surface area is 154 Å². The van der Waals surface area contributed by atoms with Gasteiger partial charge in [0.25, 0.3) is 11.8 Å². The number of hydrogen-bond donors (Lipinski definition) is 2. The van der Waals surface area contributed by atoms with Crippen LogP contribution < -0.4 is 5.32 Å². The number of rotatable bonds is 6. The van der Waals surface area contributed by atoms with Crippen LogP contribution in [0, 0.1) is 0 Å². The van der Waals surface area contributed by atoms with E-state index >= 15 is 0 Å². The summed E-state index contributed by atoms with van der Waals surface area (Å²) < 4.78 is 1.95. The van der Waals surface area contributed by atoms with Gasteiger partial charge < -0.3 is 9.67 Å². The Morgan fingerprint density at radius 3 is 2.59 bits per heavy atom. The maximum atomic E-state index is 12.4. The number of hydrogen-bond acceptors (Lipinski definition) is 6. The molecule has 0 bridgehead atoms. The van der Waals surface area contributed by atoms with E-state index in [0.29, 0.717) is 18.5 Å². The molecule has 4 heterocycles. The second-order valence-electron chi connectivity index (χ2n) is 6.19. The van der Waals surface area contributed by atoms with Gasteiger partial charge in [-0.1, -0.05) is 0 Å². The Balaban J connectivity index is 1.79. The number of amides is 2. The monoisotopic (exact) mass is 363 g/mol. The molecule has 0 saturated heterocycles. The van der Waals surface area contributed by atoms with Gasteiger partial charge in [-0.05, 0) is 30.2 Å². The molecule has 3 aromatic rings. The summed E-state index contributed by atoms with van der Waals surface area (Å²) in [4.78, 5) is 37.3. The van der Waals surface area contributed by atoms with Crippen molar-refractivity contribution in [1.29, 1.82) is 0 Å². The number of fused-ring (bicyclic) bond motifs is 1. The number of carbonyl (C=O) groups is 2. The average Bonchev–Trinajstić information content (AvgIpc) is 3.18. The summed E-state index contributed by atoms with van der Waals surface area (Å²) in [7, 11) is 0. The highest BCUT2D eigenvalue weighted by Gasteiger charge is 2.33. The number of aromatic nitrogens is 4. The molecule has 136 valence electrons. The first-order chi connectivity index (χ1) is 13.2. The number of aliphatic hydroxyl groups is 1. The van der Waals surface area contributed by atoms with Crippen molar-refractivity contribution in [3.05, 3.63) is 59.9 Å². The molecule has 0 atom stereocenters. The van der Waals surface area contributed by atoms with Crippen LogP contribution in [0.4, 0.5) is 0 Å². The second-order valence-corrected chi connectivity index (χ2v) is 6.19. The quantitative estimate of drug-likeness (QED) is 0.629. The molecule has 8 heteroatoms. The number of nitrogens with one attached hydrogen (secondary N) is 1. The lowest BCUT2D eigenvalue weighted by Crippen LogP contribution is -2.23. The van der Waals surface area contributed by atoms with Gasteiger partial charge in [-0.3, -0.25) is 14.9 Å². The molecule has 0 unspecified atom stereocenters. The van der Waals surface area contributed by atoms with Crippen LogP contribution in [0.1, 0.15) is 17.8 Å². The molecular weight excluding hydrogens is 346 g/mol. The Morgan fingerprint density at radius 2 is 1.81 bits per heavy atom. The standard InChI is InChI=1S/C19H17N5O3/c25-9-3-8-24-11-12(13-4-1-5-22-17(13)24)10-14-15(19(27)23-18(14)26)16-20-6-2-7-21-16/h1-2,4-7,11,25H,3,8-10H2,(H,23,26,27). The fraction of sp³-hybridized carbons (Fsp3) is 0.211. The van der Waals surface area contributed by atoms with E-state index in [2.05, 4.69) is 20.3 Å². The van der Waals surface area contributed by atoms with Crippen molar-refractivity contribution in [3.8, 4) is 0 Å². The van der Waals surface area contributed by atoms with Crippen molar-refractivity contribution in [1.82, 2.24) is 24.8 Å². The van der Waals surface area contributed by atoms with Crippen molar-refractivity contribution >= 4 is 28.4 Å². The first-order valence-electron chi connectivity index (χ1n) is 8.59. The third-order valence-electron chi connectivity index (χ3n) is 4.46. The van der Waals surface area contributed by atoms with Crippen molar-refractivity contribution in [2.75, 3.05) is 6.61 Å². The fourth-order valence-corrected chi connectivity index (χ4v) is 3.26. The van der Waals surface area contributed by atoms with Crippen LogP contribution in [0.2, 0.25) is 0 Å². The number of aryl methyl sites for hydroxylation is 1. The molecule has 2 N–H and O–H groups in total. The highest BCUT2D eigenvalue weighted by molar-refractivity contribution is 6.35. The highest BCUT2D eigenvalue weighted by Crippen LogP contribution is 2.28. The fourth-order valence-electron chi connectivity index (χ4n) is 3.26. The topological polar surface area (TPSA) is 110 Å². The Bertz CT molecular complexity index is 1060. The molecule has 0 aliphatic carbocycles.